The Morgan fingerprint density at radius 3 is 2.45 bits per heavy atom. The summed E-state index contributed by atoms with van der Waals surface area (Å²) in [6.07, 6.45) is 0. The number of nitrogens with one attached hydrogen (secondary N) is 1. The van der Waals surface area contributed by atoms with Crippen LogP contribution in [0.25, 0.3) is 10.9 Å². The van der Waals surface area contributed by atoms with Crippen LogP contribution in [-0.4, -0.2) is 22.3 Å². The second-order valence-electron chi connectivity index (χ2n) is 7.62. The minimum absolute atomic E-state index is 0.258. The molecule has 1 amide bonds. The summed E-state index contributed by atoms with van der Waals surface area (Å²) in [4.78, 5) is 12.9. The molecule has 4 rings (SSSR count). The van der Waals surface area contributed by atoms with Gasteiger partial charge in [-0.1, -0.05) is 44.2 Å². The monoisotopic (exact) mass is 417 g/mol. The predicted octanol–water partition coefficient (Wildman–Crippen LogP) is 5.63. The van der Waals surface area contributed by atoms with Crippen molar-refractivity contribution in [1.82, 2.24) is 9.78 Å². The molecule has 0 saturated heterocycles. The molecule has 0 spiro atoms. The summed E-state index contributed by atoms with van der Waals surface area (Å²) in [5, 5.41) is 8.25. The van der Waals surface area contributed by atoms with Crippen LogP contribution >= 0.6 is 0 Å². The Morgan fingerprint density at radius 2 is 1.74 bits per heavy atom. The van der Waals surface area contributed by atoms with Crippen LogP contribution in [-0.2, 0) is 6.54 Å². The van der Waals surface area contributed by atoms with Crippen molar-refractivity contribution >= 4 is 22.5 Å². The van der Waals surface area contributed by atoms with E-state index in [4.69, 9.17) is 4.74 Å². The van der Waals surface area contributed by atoms with Gasteiger partial charge >= 0.3 is 0 Å². The minimum atomic E-state index is -0.306. The van der Waals surface area contributed by atoms with Gasteiger partial charge in [0.05, 0.1) is 12.1 Å². The zero-order chi connectivity index (χ0) is 21.8. The highest BCUT2D eigenvalue weighted by atomic mass is 19.1. The molecular weight excluding hydrogens is 393 g/mol. The molecule has 1 aromatic heterocycles. The number of fused-ring (bicyclic) bond motifs is 1. The molecule has 0 saturated carbocycles. The first-order valence-corrected chi connectivity index (χ1v) is 10.3. The number of benzene rings is 3. The number of aromatic nitrogens is 2. The third-order valence-corrected chi connectivity index (χ3v) is 5.09. The third kappa shape index (κ3) is 4.74. The number of hydrogen-bond acceptors (Lipinski definition) is 3. The number of ether oxygens (including phenoxy) is 1. The Balaban J connectivity index is 1.50. The van der Waals surface area contributed by atoms with Gasteiger partial charge in [0.15, 0.2) is 5.69 Å². The molecule has 0 unspecified atom stereocenters. The SMILES string of the molecule is CC(C)c1ccc(NC(=O)c2nn(CCOc3ccc(F)cc3)c3ccccc23)cc1. The topological polar surface area (TPSA) is 56.2 Å². The summed E-state index contributed by atoms with van der Waals surface area (Å²) in [7, 11) is 0. The van der Waals surface area contributed by atoms with Crippen molar-refractivity contribution in [2.45, 2.75) is 26.3 Å². The van der Waals surface area contributed by atoms with Crippen molar-refractivity contribution in [2.24, 2.45) is 0 Å². The van der Waals surface area contributed by atoms with E-state index in [0.29, 0.717) is 30.5 Å². The third-order valence-electron chi connectivity index (χ3n) is 5.09. The summed E-state index contributed by atoms with van der Waals surface area (Å²) in [5.74, 6) is 0.453. The number of carbonyl (C=O) groups excluding carboxylic acids is 1. The Bertz CT molecular complexity index is 1180. The second-order valence-corrected chi connectivity index (χ2v) is 7.62. The molecule has 0 fully saturated rings. The first-order valence-electron chi connectivity index (χ1n) is 10.3. The highest BCUT2D eigenvalue weighted by molar-refractivity contribution is 6.11. The number of rotatable bonds is 7. The highest BCUT2D eigenvalue weighted by Gasteiger charge is 2.17. The highest BCUT2D eigenvalue weighted by Crippen LogP contribution is 2.21. The first kappa shape index (κ1) is 20.6. The van der Waals surface area contributed by atoms with Crippen molar-refractivity contribution in [2.75, 3.05) is 11.9 Å². The average Bonchev–Trinajstić information content (AvgIpc) is 3.14. The average molecular weight is 417 g/mol. The van der Waals surface area contributed by atoms with Gasteiger partial charge in [-0.15, -0.1) is 0 Å². The summed E-state index contributed by atoms with van der Waals surface area (Å²) in [6.45, 7) is 5.06. The molecule has 31 heavy (non-hydrogen) atoms. The fraction of sp³-hybridized carbons (Fsp3) is 0.200. The predicted molar refractivity (Wildman–Crippen MR) is 120 cm³/mol. The van der Waals surface area contributed by atoms with Crippen LogP contribution in [0.3, 0.4) is 0 Å². The van der Waals surface area contributed by atoms with Crippen molar-refractivity contribution in [3.8, 4) is 5.75 Å². The lowest BCUT2D eigenvalue weighted by Gasteiger charge is -2.08. The van der Waals surface area contributed by atoms with Crippen LogP contribution in [0.1, 0.15) is 35.8 Å². The van der Waals surface area contributed by atoms with E-state index in [0.717, 1.165) is 16.6 Å². The van der Waals surface area contributed by atoms with E-state index >= 15 is 0 Å². The van der Waals surface area contributed by atoms with Crippen LogP contribution in [0.2, 0.25) is 0 Å². The van der Waals surface area contributed by atoms with Gasteiger partial charge in [0.1, 0.15) is 18.2 Å². The van der Waals surface area contributed by atoms with Crippen LogP contribution in [0.4, 0.5) is 10.1 Å². The minimum Gasteiger partial charge on any atom is -0.492 e. The number of carbonyl (C=O) groups is 1. The van der Waals surface area contributed by atoms with Gasteiger partial charge in [-0.3, -0.25) is 9.48 Å². The Kier molecular flexibility index (Phi) is 5.98. The van der Waals surface area contributed by atoms with Crippen molar-refractivity contribution in [3.05, 3.63) is 89.9 Å². The largest absolute Gasteiger partial charge is 0.492 e. The van der Waals surface area contributed by atoms with Crippen molar-refractivity contribution in [1.29, 1.82) is 0 Å². The van der Waals surface area contributed by atoms with Gasteiger partial charge in [-0.25, -0.2) is 4.39 Å². The summed E-state index contributed by atoms with van der Waals surface area (Å²) >= 11 is 0. The first-order chi connectivity index (χ1) is 15.0. The molecule has 0 atom stereocenters. The van der Waals surface area contributed by atoms with Crippen LogP contribution < -0.4 is 10.1 Å². The smallest absolute Gasteiger partial charge is 0.276 e. The van der Waals surface area contributed by atoms with Gasteiger partial charge in [0, 0.05) is 11.1 Å². The molecular formula is C25H24FN3O2. The fourth-order valence-corrected chi connectivity index (χ4v) is 3.39. The molecule has 0 aliphatic carbocycles. The van der Waals surface area contributed by atoms with Gasteiger partial charge in [-0.05, 0) is 53.9 Å². The maximum Gasteiger partial charge on any atom is 0.276 e. The van der Waals surface area contributed by atoms with E-state index in [1.165, 1.54) is 17.7 Å². The summed E-state index contributed by atoms with van der Waals surface area (Å²) < 4.78 is 20.5. The molecule has 4 aromatic rings. The van der Waals surface area contributed by atoms with E-state index in [1.807, 2.05) is 48.5 Å². The number of hydrogen-bond donors (Lipinski definition) is 1. The maximum atomic E-state index is 13.0. The van der Waals surface area contributed by atoms with Gasteiger partial charge < -0.3 is 10.1 Å². The van der Waals surface area contributed by atoms with Gasteiger partial charge in [0.2, 0.25) is 0 Å². The van der Waals surface area contributed by atoms with Crippen LogP contribution in [0.15, 0.2) is 72.8 Å². The van der Waals surface area contributed by atoms with Crippen molar-refractivity contribution < 1.29 is 13.9 Å². The second kappa shape index (κ2) is 9.00. The Morgan fingerprint density at radius 1 is 1.03 bits per heavy atom. The van der Waals surface area contributed by atoms with Gasteiger partial charge in [-0.2, -0.15) is 5.10 Å². The molecule has 0 aliphatic heterocycles. The van der Waals surface area contributed by atoms with Crippen LogP contribution in [0.5, 0.6) is 5.75 Å². The lowest BCUT2D eigenvalue weighted by atomic mass is 10.0. The number of anilines is 1. The van der Waals surface area contributed by atoms with Crippen LogP contribution in [0, 0.1) is 5.82 Å². The Labute approximate surface area is 180 Å². The molecule has 1 N–H and O–H groups in total. The van der Waals surface area contributed by atoms with E-state index in [-0.39, 0.29) is 11.7 Å². The zero-order valence-electron chi connectivity index (χ0n) is 17.5. The number of para-hydroxylation sites is 1. The standard InChI is InChI=1S/C25H24FN3O2/c1-17(2)18-7-11-20(12-8-18)27-25(30)24-22-5-3-4-6-23(22)29(28-24)15-16-31-21-13-9-19(26)10-14-21/h3-14,17H,15-16H2,1-2H3,(H,27,30). The lowest BCUT2D eigenvalue weighted by Crippen LogP contribution is -2.15. The number of nitrogens with zero attached hydrogens (tertiary/aromatic N) is 2. The fourth-order valence-electron chi connectivity index (χ4n) is 3.39. The van der Waals surface area contributed by atoms with Crippen molar-refractivity contribution in [3.63, 3.8) is 0 Å². The molecule has 1 heterocycles. The molecule has 5 nitrogen and oxygen atoms in total. The van der Waals surface area contributed by atoms with E-state index in [9.17, 15) is 9.18 Å². The zero-order valence-corrected chi connectivity index (χ0v) is 17.5. The lowest BCUT2D eigenvalue weighted by molar-refractivity contribution is 0.102. The number of amides is 1. The Hall–Kier alpha value is -3.67. The molecule has 0 radical (unpaired) electrons. The molecule has 158 valence electrons. The molecule has 3 aromatic carbocycles. The maximum absolute atomic E-state index is 13.0. The van der Waals surface area contributed by atoms with E-state index in [1.54, 1.807) is 16.8 Å². The van der Waals surface area contributed by atoms with Gasteiger partial charge in [0.25, 0.3) is 5.91 Å². The normalized spacial score (nSPS) is 11.1. The molecule has 6 heteroatoms. The van der Waals surface area contributed by atoms with E-state index in [2.05, 4.69) is 24.3 Å². The quantitative estimate of drug-likeness (QED) is 0.424. The number of halogens is 1. The summed E-state index contributed by atoms with van der Waals surface area (Å²) in [5.41, 5.74) is 3.16. The summed E-state index contributed by atoms with van der Waals surface area (Å²) in [6, 6.07) is 21.3. The molecule has 0 bridgehead atoms. The van der Waals surface area contributed by atoms with E-state index < -0.39 is 0 Å². The molecule has 0 aliphatic rings.